The summed E-state index contributed by atoms with van der Waals surface area (Å²) in [7, 11) is 1.62. The van der Waals surface area contributed by atoms with Gasteiger partial charge < -0.3 is 15.8 Å². The summed E-state index contributed by atoms with van der Waals surface area (Å²) >= 11 is 12.0. The highest BCUT2D eigenvalue weighted by Crippen LogP contribution is 2.25. The molecule has 1 aromatic rings. The third kappa shape index (κ3) is 6.65. The van der Waals surface area contributed by atoms with Crippen LogP contribution in [-0.4, -0.2) is 26.2 Å². The summed E-state index contributed by atoms with van der Waals surface area (Å²) in [6.07, 6.45) is 0. The van der Waals surface area contributed by atoms with Crippen molar-refractivity contribution in [2.24, 2.45) is 10.7 Å². The smallest absolute Gasteiger partial charge is 0.189 e. The molecule has 19 heavy (non-hydrogen) atoms. The lowest BCUT2D eigenvalue weighted by Gasteiger charge is -2.16. The zero-order chi connectivity index (χ0) is 13.5. The fourth-order valence-corrected chi connectivity index (χ4v) is 2.03. The zero-order valence-electron chi connectivity index (χ0n) is 10.8. The van der Waals surface area contributed by atoms with Crippen molar-refractivity contribution in [1.29, 1.82) is 0 Å². The van der Waals surface area contributed by atoms with Crippen LogP contribution >= 0.6 is 47.2 Å². The Morgan fingerprint density at radius 3 is 2.74 bits per heavy atom. The molecule has 1 rings (SSSR count). The first-order valence-electron chi connectivity index (χ1n) is 5.55. The molecular formula is C12H18Cl2IN3O. The molecule has 1 aromatic carbocycles. The second-order valence-electron chi connectivity index (χ2n) is 3.79. The van der Waals surface area contributed by atoms with Gasteiger partial charge in [-0.1, -0.05) is 29.3 Å². The number of nitrogens with two attached hydrogens (primary N) is 1. The van der Waals surface area contributed by atoms with E-state index in [0.717, 1.165) is 5.56 Å². The molecule has 0 aliphatic carbocycles. The van der Waals surface area contributed by atoms with E-state index in [9.17, 15) is 0 Å². The maximum Gasteiger partial charge on any atom is 0.189 e. The van der Waals surface area contributed by atoms with E-state index in [4.69, 9.17) is 33.7 Å². The highest BCUT2D eigenvalue weighted by molar-refractivity contribution is 14.0. The molecule has 0 heterocycles. The predicted molar refractivity (Wildman–Crippen MR) is 91.8 cm³/mol. The minimum atomic E-state index is -0.0407. The van der Waals surface area contributed by atoms with E-state index in [1.54, 1.807) is 19.2 Å². The Hall–Kier alpha value is -0.240. The van der Waals surface area contributed by atoms with Crippen LogP contribution in [0.25, 0.3) is 0 Å². The van der Waals surface area contributed by atoms with Gasteiger partial charge in [0.05, 0.1) is 19.2 Å². The molecule has 1 unspecified atom stereocenters. The molecule has 0 radical (unpaired) electrons. The van der Waals surface area contributed by atoms with Gasteiger partial charge in [0, 0.05) is 17.2 Å². The Labute approximate surface area is 140 Å². The molecule has 0 amide bonds. The van der Waals surface area contributed by atoms with Crippen LogP contribution in [0.1, 0.15) is 18.5 Å². The minimum Gasteiger partial charge on any atom is -0.383 e. The Bertz CT molecular complexity index is 429. The third-order valence-corrected chi connectivity index (χ3v) is 2.93. The van der Waals surface area contributed by atoms with E-state index in [1.807, 2.05) is 13.0 Å². The molecule has 0 saturated heterocycles. The van der Waals surface area contributed by atoms with Gasteiger partial charge in [0.2, 0.25) is 0 Å². The first-order valence-corrected chi connectivity index (χ1v) is 6.30. The van der Waals surface area contributed by atoms with Crippen molar-refractivity contribution in [3.8, 4) is 0 Å². The normalized spacial score (nSPS) is 12.7. The van der Waals surface area contributed by atoms with E-state index in [-0.39, 0.29) is 30.0 Å². The van der Waals surface area contributed by atoms with E-state index < -0.39 is 0 Å². The van der Waals surface area contributed by atoms with Crippen LogP contribution in [0.5, 0.6) is 0 Å². The van der Waals surface area contributed by atoms with Crippen LogP contribution in [0.15, 0.2) is 23.2 Å². The second kappa shape index (κ2) is 9.63. The Morgan fingerprint density at radius 2 is 2.16 bits per heavy atom. The topological polar surface area (TPSA) is 59.6 Å². The highest BCUT2D eigenvalue weighted by atomic mass is 127. The van der Waals surface area contributed by atoms with Crippen molar-refractivity contribution in [2.45, 2.75) is 13.0 Å². The number of hydrogen-bond donors (Lipinski definition) is 2. The van der Waals surface area contributed by atoms with Crippen molar-refractivity contribution in [3.05, 3.63) is 33.8 Å². The zero-order valence-corrected chi connectivity index (χ0v) is 14.7. The third-order valence-electron chi connectivity index (χ3n) is 2.37. The van der Waals surface area contributed by atoms with Gasteiger partial charge in [0.1, 0.15) is 0 Å². The predicted octanol–water partition coefficient (Wildman–Crippen LogP) is 3.22. The summed E-state index contributed by atoms with van der Waals surface area (Å²) in [5.41, 5.74) is 6.67. The summed E-state index contributed by atoms with van der Waals surface area (Å²) in [5.74, 6) is 0.366. The minimum absolute atomic E-state index is 0. The van der Waals surface area contributed by atoms with Gasteiger partial charge in [-0.2, -0.15) is 0 Å². The number of ether oxygens (including phenoxy) is 1. The Balaban J connectivity index is 0.00000324. The Kier molecular flexibility index (Phi) is 9.51. The molecular weight excluding hydrogens is 400 g/mol. The van der Waals surface area contributed by atoms with Gasteiger partial charge in [-0.3, -0.25) is 4.99 Å². The maximum atomic E-state index is 6.11. The second-order valence-corrected chi connectivity index (χ2v) is 4.64. The van der Waals surface area contributed by atoms with Gasteiger partial charge >= 0.3 is 0 Å². The van der Waals surface area contributed by atoms with Gasteiger partial charge in [0.25, 0.3) is 0 Å². The molecule has 4 nitrogen and oxygen atoms in total. The fraction of sp³-hybridized carbons (Fsp3) is 0.417. The fourth-order valence-electron chi connectivity index (χ4n) is 1.46. The van der Waals surface area contributed by atoms with Crippen molar-refractivity contribution in [1.82, 2.24) is 5.32 Å². The van der Waals surface area contributed by atoms with Gasteiger partial charge in [-0.15, -0.1) is 24.0 Å². The molecule has 0 aliphatic heterocycles. The Morgan fingerprint density at radius 1 is 1.47 bits per heavy atom. The number of aliphatic imine (C=N–C) groups is 1. The summed E-state index contributed by atoms with van der Waals surface area (Å²) in [5, 5.41) is 4.27. The largest absolute Gasteiger partial charge is 0.383 e. The van der Waals surface area contributed by atoms with Crippen LogP contribution in [0.4, 0.5) is 0 Å². The molecule has 3 N–H and O–H groups in total. The summed E-state index contributed by atoms with van der Waals surface area (Å²) in [6.45, 7) is 3.02. The molecule has 7 heteroatoms. The average Bonchev–Trinajstić information content (AvgIpc) is 2.28. The number of benzene rings is 1. The number of guanidine groups is 1. The number of halogens is 3. The highest BCUT2D eigenvalue weighted by Gasteiger charge is 2.10. The van der Waals surface area contributed by atoms with Crippen molar-refractivity contribution >= 4 is 53.1 Å². The van der Waals surface area contributed by atoms with Crippen molar-refractivity contribution in [3.63, 3.8) is 0 Å². The van der Waals surface area contributed by atoms with Crippen LogP contribution < -0.4 is 11.1 Å². The molecule has 0 saturated carbocycles. The van der Waals surface area contributed by atoms with Gasteiger partial charge in [0.15, 0.2) is 5.96 Å². The monoisotopic (exact) mass is 417 g/mol. The molecule has 0 aliphatic rings. The first kappa shape index (κ1) is 18.8. The molecule has 1 atom stereocenters. The summed E-state index contributed by atoms with van der Waals surface area (Å²) < 4.78 is 4.89. The lowest BCUT2D eigenvalue weighted by Crippen LogP contribution is -2.34. The lowest BCUT2D eigenvalue weighted by molar-refractivity contribution is 0.208. The van der Waals surface area contributed by atoms with Crippen LogP contribution in [-0.2, 0) is 4.74 Å². The van der Waals surface area contributed by atoms with E-state index in [1.165, 1.54) is 0 Å². The van der Waals surface area contributed by atoms with E-state index in [2.05, 4.69) is 10.3 Å². The molecule has 0 bridgehead atoms. The first-order chi connectivity index (χ1) is 8.54. The van der Waals surface area contributed by atoms with E-state index >= 15 is 0 Å². The van der Waals surface area contributed by atoms with E-state index in [0.29, 0.717) is 29.2 Å². The molecule has 0 fully saturated rings. The van der Waals surface area contributed by atoms with Gasteiger partial charge in [-0.05, 0) is 24.6 Å². The molecule has 0 spiro atoms. The van der Waals surface area contributed by atoms with Crippen LogP contribution in [0.3, 0.4) is 0 Å². The quantitative estimate of drug-likeness (QED) is 0.334. The standard InChI is InChI=1S/C12H17Cl2N3O.HI/c1-8(17-12(15)16-5-6-18-2)10-4-3-9(13)7-11(10)14;/h3-4,7-8H,5-6H2,1-2H3,(H3,15,16,17);1H. The van der Waals surface area contributed by atoms with Crippen LogP contribution in [0, 0.1) is 0 Å². The summed E-state index contributed by atoms with van der Waals surface area (Å²) in [4.78, 5) is 4.12. The average molecular weight is 418 g/mol. The SMILES string of the molecule is COCCN=C(N)NC(C)c1ccc(Cl)cc1Cl.I. The lowest BCUT2D eigenvalue weighted by atomic mass is 10.1. The number of rotatable bonds is 5. The van der Waals surface area contributed by atoms with Crippen molar-refractivity contribution in [2.75, 3.05) is 20.3 Å². The van der Waals surface area contributed by atoms with Crippen LogP contribution in [0.2, 0.25) is 10.0 Å². The van der Waals surface area contributed by atoms with Gasteiger partial charge in [-0.25, -0.2) is 0 Å². The molecule has 108 valence electrons. The van der Waals surface area contributed by atoms with Crippen molar-refractivity contribution < 1.29 is 4.74 Å². The number of hydrogen-bond acceptors (Lipinski definition) is 2. The number of methoxy groups -OCH3 is 1. The number of nitrogens with one attached hydrogen (secondary N) is 1. The maximum absolute atomic E-state index is 6.11. The molecule has 0 aromatic heterocycles. The number of nitrogens with zero attached hydrogens (tertiary/aromatic N) is 1. The summed E-state index contributed by atoms with van der Waals surface area (Å²) in [6, 6.07) is 5.32.